The highest BCUT2D eigenvalue weighted by atomic mass is 16.5. The number of rotatable bonds is 6. The minimum absolute atomic E-state index is 0.646. The van der Waals surface area contributed by atoms with E-state index >= 15 is 0 Å². The van der Waals surface area contributed by atoms with Gasteiger partial charge in [0.05, 0.1) is 13.2 Å². The molecule has 0 fully saturated rings. The molecule has 3 nitrogen and oxygen atoms in total. The van der Waals surface area contributed by atoms with Crippen LogP contribution in [0.1, 0.15) is 12.5 Å². The highest BCUT2D eigenvalue weighted by molar-refractivity contribution is 6.33. The van der Waals surface area contributed by atoms with Crippen LogP contribution in [-0.4, -0.2) is 32.9 Å². The summed E-state index contributed by atoms with van der Waals surface area (Å²) in [6, 6.07) is 5.53. The second-order valence-electron chi connectivity index (χ2n) is 4.10. The molecule has 2 N–H and O–H groups in total. The van der Waals surface area contributed by atoms with E-state index in [1.807, 2.05) is 26.1 Å². The Hall–Kier alpha value is -1.42. The topological polar surface area (TPSA) is 38.5 Å². The summed E-state index contributed by atoms with van der Waals surface area (Å²) in [6.07, 6.45) is 0. The Morgan fingerprint density at radius 1 is 1.53 bits per heavy atom. The zero-order valence-corrected chi connectivity index (χ0v) is 10.6. The summed E-state index contributed by atoms with van der Waals surface area (Å²) < 4.78 is 5.31. The van der Waals surface area contributed by atoms with Crippen molar-refractivity contribution < 1.29 is 4.74 Å². The standard InChI is InChI=1S/C13H19BN2O/c1-4-17-10(2)8-16(3)9-11-7-12(15)5-6-13(11)14/h5-7H,2,4,8-9,15H2,1,3H3. The molecule has 0 spiro atoms. The van der Waals surface area contributed by atoms with Crippen LogP contribution >= 0.6 is 0 Å². The van der Waals surface area contributed by atoms with Crippen LogP contribution in [0.2, 0.25) is 0 Å². The van der Waals surface area contributed by atoms with E-state index in [4.69, 9.17) is 18.3 Å². The lowest BCUT2D eigenvalue weighted by molar-refractivity contribution is 0.191. The number of anilines is 1. The van der Waals surface area contributed by atoms with Crippen molar-refractivity contribution in [3.8, 4) is 0 Å². The SMILES string of the molecule is [B]c1ccc(N)cc1CN(C)CC(=C)OCC. The maximum Gasteiger partial charge on any atom is 0.114 e. The van der Waals surface area contributed by atoms with Gasteiger partial charge in [-0.2, -0.15) is 0 Å². The van der Waals surface area contributed by atoms with Crippen LogP contribution in [0.5, 0.6) is 0 Å². The summed E-state index contributed by atoms with van der Waals surface area (Å²) in [7, 11) is 7.88. The van der Waals surface area contributed by atoms with E-state index in [-0.39, 0.29) is 0 Å². The summed E-state index contributed by atoms with van der Waals surface area (Å²) in [5.74, 6) is 0.762. The van der Waals surface area contributed by atoms with E-state index in [0.29, 0.717) is 13.2 Å². The molecule has 0 aliphatic rings. The van der Waals surface area contributed by atoms with Crippen LogP contribution in [0.4, 0.5) is 5.69 Å². The average molecular weight is 230 g/mol. The second-order valence-corrected chi connectivity index (χ2v) is 4.10. The molecule has 1 aromatic carbocycles. The molecule has 4 heteroatoms. The molecule has 0 aliphatic carbocycles. The van der Waals surface area contributed by atoms with Crippen molar-refractivity contribution in [1.82, 2.24) is 4.90 Å². The quantitative estimate of drug-likeness (QED) is 0.451. The molecule has 0 aromatic heterocycles. The molecule has 0 aliphatic heterocycles. The molecule has 0 saturated heterocycles. The van der Waals surface area contributed by atoms with E-state index in [0.717, 1.165) is 29.0 Å². The average Bonchev–Trinajstić information content (AvgIpc) is 2.23. The molecule has 17 heavy (non-hydrogen) atoms. The molecule has 0 amide bonds. The van der Waals surface area contributed by atoms with Crippen molar-refractivity contribution >= 4 is 19.0 Å². The number of nitrogen functional groups attached to an aromatic ring is 1. The number of nitrogens with zero attached hydrogens (tertiary/aromatic N) is 1. The number of ether oxygens (including phenoxy) is 1. The van der Waals surface area contributed by atoms with Crippen molar-refractivity contribution in [3.63, 3.8) is 0 Å². The van der Waals surface area contributed by atoms with Crippen LogP contribution in [-0.2, 0) is 11.3 Å². The lowest BCUT2D eigenvalue weighted by Crippen LogP contribution is -2.25. The smallest absolute Gasteiger partial charge is 0.114 e. The van der Waals surface area contributed by atoms with Crippen LogP contribution in [0.3, 0.4) is 0 Å². The largest absolute Gasteiger partial charge is 0.497 e. The van der Waals surface area contributed by atoms with Crippen molar-refractivity contribution in [2.45, 2.75) is 13.5 Å². The molecule has 0 heterocycles. The van der Waals surface area contributed by atoms with Gasteiger partial charge >= 0.3 is 0 Å². The van der Waals surface area contributed by atoms with Gasteiger partial charge in [0.1, 0.15) is 13.6 Å². The summed E-state index contributed by atoms with van der Waals surface area (Å²) in [4.78, 5) is 2.09. The van der Waals surface area contributed by atoms with E-state index in [1.165, 1.54) is 0 Å². The van der Waals surface area contributed by atoms with Crippen molar-refractivity contribution in [1.29, 1.82) is 0 Å². The van der Waals surface area contributed by atoms with Gasteiger partial charge in [0.15, 0.2) is 0 Å². The number of likely N-dealkylation sites (N-methyl/N-ethyl adjacent to an activating group) is 1. The summed E-state index contributed by atoms with van der Waals surface area (Å²) in [6.45, 7) is 7.85. The minimum atomic E-state index is 0.646. The fourth-order valence-corrected chi connectivity index (χ4v) is 1.66. The van der Waals surface area contributed by atoms with Gasteiger partial charge in [0.25, 0.3) is 0 Å². The first kappa shape index (κ1) is 13.6. The third kappa shape index (κ3) is 4.53. The third-order valence-corrected chi connectivity index (χ3v) is 2.40. The van der Waals surface area contributed by atoms with Crippen LogP contribution in [0.25, 0.3) is 0 Å². The van der Waals surface area contributed by atoms with Gasteiger partial charge in [0, 0.05) is 12.2 Å². The molecule has 90 valence electrons. The first-order valence-corrected chi connectivity index (χ1v) is 5.66. The lowest BCUT2D eigenvalue weighted by atomic mass is 9.90. The molecular formula is C13H19BN2O. The summed E-state index contributed by atoms with van der Waals surface area (Å²) in [5.41, 5.74) is 8.25. The number of hydrogen-bond acceptors (Lipinski definition) is 3. The molecule has 1 rings (SSSR count). The summed E-state index contributed by atoms with van der Waals surface area (Å²) in [5, 5.41) is 0. The Morgan fingerprint density at radius 3 is 2.88 bits per heavy atom. The van der Waals surface area contributed by atoms with E-state index < -0.39 is 0 Å². The van der Waals surface area contributed by atoms with Crippen molar-refractivity contribution in [2.75, 3.05) is 25.9 Å². The fourth-order valence-electron chi connectivity index (χ4n) is 1.66. The highest BCUT2D eigenvalue weighted by Crippen LogP contribution is 2.07. The Balaban J connectivity index is 2.58. The molecular weight excluding hydrogens is 211 g/mol. The summed E-state index contributed by atoms with van der Waals surface area (Å²) >= 11 is 0. The van der Waals surface area contributed by atoms with Gasteiger partial charge < -0.3 is 10.5 Å². The zero-order valence-electron chi connectivity index (χ0n) is 10.6. The molecule has 0 saturated carbocycles. The van der Waals surface area contributed by atoms with Gasteiger partial charge in [-0.25, -0.2) is 0 Å². The number of benzene rings is 1. The highest BCUT2D eigenvalue weighted by Gasteiger charge is 2.05. The second kappa shape index (κ2) is 6.35. The Morgan fingerprint density at radius 2 is 2.24 bits per heavy atom. The zero-order chi connectivity index (χ0) is 12.8. The molecule has 0 unspecified atom stereocenters. The predicted molar refractivity (Wildman–Crippen MR) is 73.3 cm³/mol. The Labute approximate surface area is 105 Å². The molecule has 0 bridgehead atoms. The maximum absolute atomic E-state index is 5.89. The predicted octanol–water partition coefficient (Wildman–Crippen LogP) is 1.04. The van der Waals surface area contributed by atoms with Gasteiger partial charge in [-0.15, -0.1) is 0 Å². The van der Waals surface area contributed by atoms with Crippen molar-refractivity contribution in [3.05, 3.63) is 36.1 Å². The fraction of sp³-hybridized carbons (Fsp3) is 0.385. The van der Waals surface area contributed by atoms with Crippen LogP contribution < -0.4 is 11.2 Å². The Kier molecular flexibility index (Phi) is 5.10. The molecule has 0 atom stereocenters. The van der Waals surface area contributed by atoms with Crippen molar-refractivity contribution in [2.24, 2.45) is 0 Å². The monoisotopic (exact) mass is 230 g/mol. The molecule has 2 radical (unpaired) electrons. The van der Waals surface area contributed by atoms with Crippen LogP contribution in [0, 0.1) is 0 Å². The normalized spacial score (nSPS) is 10.5. The van der Waals surface area contributed by atoms with E-state index in [2.05, 4.69) is 11.5 Å². The Bertz CT molecular complexity index is 393. The minimum Gasteiger partial charge on any atom is -0.497 e. The van der Waals surface area contributed by atoms with Gasteiger partial charge in [-0.1, -0.05) is 18.1 Å². The third-order valence-electron chi connectivity index (χ3n) is 2.40. The van der Waals surface area contributed by atoms with Crippen LogP contribution in [0.15, 0.2) is 30.5 Å². The van der Waals surface area contributed by atoms with Gasteiger partial charge in [-0.3, -0.25) is 4.90 Å². The van der Waals surface area contributed by atoms with Gasteiger partial charge in [-0.05, 0) is 31.7 Å². The lowest BCUT2D eigenvalue weighted by Gasteiger charge is -2.19. The maximum atomic E-state index is 5.89. The number of hydrogen-bond donors (Lipinski definition) is 1. The number of nitrogens with two attached hydrogens (primary N) is 1. The molecule has 1 aromatic rings. The van der Waals surface area contributed by atoms with E-state index in [9.17, 15) is 0 Å². The first-order chi connectivity index (χ1) is 8.02. The van der Waals surface area contributed by atoms with Gasteiger partial charge in [0.2, 0.25) is 0 Å². The first-order valence-electron chi connectivity index (χ1n) is 5.66. The van der Waals surface area contributed by atoms with E-state index in [1.54, 1.807) is 6.07 Å².